The van der Waals surface area contributed by atoms with Crippen LogP contribution in [-0.4, -0.2) is 68.0 Å². The van der Waals surface area contributed by atoms with Crippen LogP contribution in [0.15, 0.2) is 78.9 Å². The van der Waals surface area contributed by atoms with Gasteiger partial charge in [-0.3, -0.25) is 14.4 Å². The maximum absolute atomic E-state index is 13.4. The van der Waals surface area contributed by atoms with E-state index in [1.165, 1.54) is 4.90 Å². The normalized spacial score (nSPS) is 12.1. The molecular weight excluding hydrogens is 548 g/mol. The molecule has 0 aliphatic heterocycles. The topological polar surface area (TPSA) is 175 Å². The Bertz CT molecular complexity index is 1300. The Morgan fingerprint density at radius 2 is 1.47 bits per heavy atom. The number of carbonyl (C=O) groups excluding carboxylic acids is 3. The van der Waals surface area contributed by atoms with Gasteiger partial charge in [-0.25, -0.2) is 0 Å². The molecule has 3 rings (SSSR count). The van der Waals surface area contributed by atoms with Gasteiger partial charge in [0.15, 0.2) is 0 Å². The molecule has 43 heavy (non-hydrogen) atoms. The molecule has 0 radical (unpaired) electrons. The van der Waals surface area contributed by atoms with E-state index in [1.807, 2.05) is 54.6 Å². The summed E-state index contributed by atoms with van der Waals surface area (Å²) in [6, 6.07) is 22.2. The minimum Gasteiger partial charge on any atom is -0.497 e. The summed E-state index contributed by atoms with van der Waals surface area (Å²) in [5, 5.41) is 5.68. The van der Waals surface area contributed by atoms with E-state index in [-0.39, 0.29) is 37.9 Å². The zero-order valence-electron chi connectivity index (χ0n) is 24.5. The summed E-state index contributed by atoms with van der Waals surface area (Å²) >= 11 is 0. The second-order valence-corrected chi connectivity index (χ2v) is 9.96. The number of benzene rings is 3. The molecule has 0 aliphatic rings. The zero-order chi connectivity index (χ0) is 31.0. The SMILES string of the molecule is COc1ccc(Oc2ccccc2CNC(=O)[C@H](CCc2ccccc2)NC(=O)[C@@H](N)CC(=O)N(CCN)CCN)cc1. The van der Waals surface area contributed by atoms with Crippen LogP contribution in [0.3, 0.4) is 0 Å². The van der Waals surface area contributed by atoms with Crippen LogP contribution in [0.5, 0.6) is 17.2 Å². The van der Waals surface area contributed by atoms with Crippen LogP contribution >= 0.6 is 0 Å². The first kappa shape index (κ1) is 33.1. The maximum atomic E-state index is 13.4. The van der Waals surface area contributed by atoms with Crippen LogP contribution < -0.4 is 37.3 Å². The highest BCUT2D eigenvalue weighted by molar-refractivity contribution is 5.92. The molecule has 0 heterocycles. The molecule has 0 fully saturated rings. The van der Waals surface area contributed by atoms with E-state index in [2.05, 4.69) is 10.6 Å². The predicted octanol–water partition coefficient (Wildman–Crippen LogP) is 1.68. The van der Waals surface area contributed by atoms with Gasteiger partial charge in [-0.05, 0) is 48.7 Å². The van der Waals surface area contributed by atoms with Crippen molar-refractivity contribution in [3.8, 4) is 17.2 Å². The van der Waals surface area contributed by atoms with Gasteiger partial charge in [-0.15, -0.1) is 0 Å². The summed E-state index contributed by atoms with van der Waals surface area (Å²) in [5.41, 5.74) is 19.1. The van der Waals surface area contributed by atoms with Crippen LogP contribution in [0.1, 0.15) is 24.0 Å². The van der Waals surface area contributed by atoms with Crippen molar-refractivity contribution in [1.82, 2.24) is 15.5 Å². The first-order valence-electron chi connectivity index (χ1n) is 14.3. The highest BCUT2D eigenvalue weighted by Gasteiger charge is 2.26. The quantitative estimate of drug-likeness (QED) is 0.158. The predicted molar refractivity (Wildman–Crippen MR) is 165 cm³/mol. The van der Waals surface area contributed by atoms with Crippen LogP contribution in [0.4, 0.5) is 0 Å². The summed E-state index contributed by atoms with van der Waals surface area (Å²) in [5.74, 6) is 0.618. The number of nitrogens with one attached hydrogen (secondary N) is 2. The van der Waals surface area contributed by atoms with Gasteiger partial charge in [0.05, 0.1) is 19.6 Å². The largest absolute Gasteiger partial charge is 0.497 e. The van der Waals surface area contributed by atoms with Gasteiger partial charge in [0.2, 0.25) is 17.7 Å². The average molecular weight is 591 g/mol. The summed E-state index contributed by atoms with van der Waals surface area (Å²) in [4.78, 5) is 40.6. The monoisotopic (exact) mass is 590 g/mol. The molecule has 3 amide bonds. The van der Waals surface area contributed by atoms with Crippen molar-refractivity contribution in [2.75, 3.05) is 33.3 Å². The van der Waals surface area contributed by atoms with Crippen molar-refractivity contribution in [2.24, 2.45) is 17.2 Å². The number of methoxy groups -OCH3 is 1. The molecule has 2 atom stereocenters. The van der Waals surface area contributed by atoms with E-state index in [1.54, 1.807) is 31.4 Å². The summed E-state index contributed by atoms with van der Waals surface area (Å²) < 4.78 is 11.3. The number of rotatable bonds is 17. The van der Waals surface area contributed by atoms with Gasteiger partial charge in [-0.1, -0.05) is 48.5 Å². The fourth-order valence-corrected chi connectivity index (χ4v) is 4.41. The molecule has 0 spiro atoms. The number of nitrogens with two attached hydrogens (primary N) is 3. The Morgan fingerprint density at radius 3 is 2.12 bits per heavy atom. The number of carbonyl (C=O) groups is 3. The van der Waals surface area contributed by atoms with E-state index < -0.39 is 18.0 Å². The number of para-hydroxylation sites is 1. The van der Waals surface area contributed by atoms with Crippen molar-refractivity contribution in [3.63, 3.8) is 0 Å². The molecule has 0 saturated carbocycles. The van der Waals surface area contributed by atoms with Crippen LogP contribution in [0.2, 0.25) is 0 Å². The molecule has 0 saturated heterocycles. The van der Waals surface area contributed by atoms with Crippen LogP contribution in [0.25, 0.3) is 0 Å². The molecule has 0 aliphatic carbocycles. The third kappa shape index (κ3) is 10.7. The summed E-state index contributed by atoms with van der Waals surface area (Å²) in [6.07, 6.45) is 0.652. The lowest BCUT2D eigenvalue weighted by atomic mass is 10.0. The molecule has 230 valence electrons. The number of aryl methyl sites for hydroxylation is 1. The van der Waals surface area contributed by atoms with E-state index in [4.69, 9.17) is 26.7 Å². The Morgan fingerprint density at radius 1 is 0.837 bits per heavy atom. The third-order valence-electron chi connectivity index (χ3n) is 6.79. The number of nitrogens with zero attached hydrogens (tertiary/aromatic N) is 1. The van der Waals surface area contributed by atoms with Gasteiger partial charge in [-0.2, -0.15) is 0 Å². The zero-order valence-corrected chi connectivity index (χ0v) is 24.5. The highest BCUT2D eigenvalue weighted by atomic mass is 16.5. The van der Waals surface area contributed by atoms with Gasteiger partial charge in [0.1, 0.15) is 23.3 Å². The second-order valence-electron chi connectivity index (χ2n) is 9.96. The molecule has 0 unspecified atom stereocenters. The van der Waals surface area contributed by atoms with Gasteiger partial charge in [0.25, 0.3) is 0 Å². The number of hydrogen-bond acceptors (Lipinski definition) is 8. The Labute approximate surface area is 252 Å². The van der Waals surface area contributed by atoms with E-state index in [0.29, 0.717) is 43.2 Å². The molecule has 3 aromatic carbocycles. The average Bonchev–Trinajstić information content (AvgIpc) is 3.03. The van der Waals surface area contributed by atoms with Crippen molar-refractivity contribution in [1.29, 1.82) is 0 Å². The first-order valence-corrected chi connectivity index (χ1v) is 14.3. The fraction of sp³-hybridized carbons (Fsp3) is 0.344. The van der Waals surface area contributed by atoms with Crippen LogP contribution in [-0.2, 0) is 27.3 Å². The lowest BCUT2D eigenvalue weighted by Gasteiger charge is -2.24. The number of ether oxygens (including phenoxy) is 2. The van der Waals surface area contributed by atoms with Crippen molar-refractivity contribution in [3.05, 3.63) is 90.0 Å². The molecule has 0 bridgehead atoms. The fourth-order valence-electron chi connectivity index (χ4n) is 4.41. The Hall–Kier alpha value is -4.45. The molecule has 3 aromatic rings. The third-order valence-corrected chi connectivity index (χ3v) is 6.79. The molecule has 11 nitrogen and oxygen atoms in total. The van der Waals surface area contributed by atoms with Crippen molar-refractivity contribution < 1.29 is 23.9 Å². The van der Waals surface area contributed by atoms with Crippen molar-refractivity contribution in [2.45, 2.75) is 37.9 Å². The van der Waals surface area contributed by atoms with Crippen molar-refractivity contribution >= 4 is 17.7 Å². The number of hydrogen-bond donors (Lipinski definition) is 5. The summed E-state index contributed by atoms with van der Waals surface area (Å²) in [7, 11) is 1.59. The van der Waals surface area contributed by atoms with Gasteiger partial charge < -0.3 is 42.2 Å². The number of amides is 3. The maximum Gasteiger partial charge on any atom is 0.242 e. The van der Waals surface area contributed by atoms with Gasteiger partial charge >= 0.3 is 0 Å². The second kappa shape index (κ2) is 17.5. The summed E-state index contributed by atoms with van der Waals surface area (Å²) in [6.45, 7) is 1.33. The lowest BCUT2D eigenvalue weighted by molar-refractivity contribution is -0.135. The van der Waals surface area contributed by atoms with E-state index >= 15 is 0 Å². The standard InChI is InChI=1S/C32H42N6O5/c1-42-25-12-14-26(15-13-25)43-29-10-6-5-9-24(29)22-36-32(41)28(16-11-23-7-3-2-4-8-23)37-31(40)27(35)21-30(39)38(19-17-33)20-18-34/h2-10,12-15,27-28H,11,16-22,33-35H2,1H3,(H,36,41)(H,37,40)/t27-,28-/m0/s1. The molecule has 8 N–H and O–H groups in total. The minimum absolute atomic E-state index is 0.167. The molecule has 0 aromatic heterocycles. The lowest BCUT2D eigenvalue weighted by Crippen LogP contribution is -2.53. The van der Waals surface area contributed by atoms with Gasteiger partial charge in [0, 0.05) is 38.3 Å². The molecule has 11 heteroatoms. The Balaban J connectivity index is 1.67. The van der Waals surface area contributed by atoms with E-state index in [9.17, 15) is 14.4 Å². The smallest absolute Gasteiger partial charge is 0.242 e. The molecular formula is C32H42N6O5. The van der Waals surface area contributed by atoms with E-state index in [0.717, 1.165) is 11.1 Å². The highest BCUT2D eigenvalue weighted by Crippen LogP contribution is 2.26. The minimum atomic E-state index is -1.14. The Kier molecular flexibility index (Phi) is 13.4. The van der Waals surface area contributed by atoms with Crippen LogP contribution in [0, 0.1) is 0 Å². The first-order chi connectivity index (χ1) is 20.8.